The van der Waals surface area contributed by atoms with E-state index in [1.54, 1.807) is 0 Å². The minimum Gasteiger partial charge on any atom is -0.353 e. The summed E-state index contributed by atoms with van der Waals surface area (Å²) >= 11 is 3.02. The van der Waals surface area contributed by atoms with Crippen molar-refractivity contribution < 1.29 is 18.0 Å². The van der Waals surface area contributed by atoms with E-state index in [1.165, 1.54) is 6.92 Å². The first-order valence-electron chi connectivity index (χ1n) is 3.77. The summed E-state index contributed by atoms with van der Waals surface area (Å²) in [6.45, 7) is 1.33. The lowest BCUT2D eigenvalue weighted by Crippen LogP contribution is -2.35. The first kappa shape index (κ1) is 12.7. The fraction of sp³-hybridized carbons (Fsp3) is 0.857. The van der Waals surface area contributed by atoms with Crippen LogP contribution >= 0.6 is 15.9 Å². The van der Waals surface area contributed by atoms with Crippen LogP contribution in [0.4, 0.5) is 13.2 Å². The van der Waals surface area contributed by atoms with E-state index in [0.29, 0.717) is 5.33 Å². The number of rotatable bonds is 4. The van der Waals surface area contributed by atoms with Crippen molar-refractivity contribution >= 4 is 21.8 Å². The average Bonchev–Trinajstić information content (AvgIpc) is 1.81. The fourth-order valence-corrected chi connectivity index (χ4v) is 1.19. The third-order valence-corrected chi connectivity index (χ3v) is 1.66. The maximum Gasteiger partial charge on any atom is 0.391 e. The number of hydrogen-bond donors (Lipinski definition) is 1. The van der Waals surface area contributed by atoms with Crippen molar-refractivity contribution in [3.05, 3.63) is 0 Å². The zero-order valence-corrected chi connectivity index (χ0v) is 8.70. The Kier molecular flexibility index (Phi) is 5.36. The zero-order chi connectivity index (χ0) is 10.5. The van der Waals surface area contributed by atoms with E-state index in [-0.39, 0.29) is 12.3 Å². The summed E-state index contributed by atoms with van der Waals surface area (Å²) in [6.07, 6.45) is -5.01. The van der Waals surface area contributed by atoms with Crippen LogP contribution in [-0.2, 0) is 4.79 Å². The lowest BCUT2D eigenvalue weighted by molar-refractivity contribution is -0.141. The summed E-state index contributed by atoms with van der Waals surface area (Å²) in [5.41, 5.74) is 0. The van der Waals surface area contributed by atoms with Gasteiger partial charge in [0.1, 0.15) is 0 Å². The van der Waals surface area contributed by atoms with Crippen molar-refractivity contribution in [3.63, 3.8) is 0 Å². The molecule has 1 N–H and O–H groups in total. The Morgan fingerprint density at radius 3 is 2.46 bits per heavy atom. The minimum atomic E-state index is -4.22. The molecule has 0 saturated carbocycles. The van der Waals surface area contributed by atoms with Crippen LogP contribution in [0.25, 0.3) is 0 Å². The molecule has 0 rings (SSSR count). The van der Waals surface area contributed by atoms with E-state index in [4.69, 9.17) is 0 Å². The molecular formula is C7H11BrF3NO. The summed E-state index contributed by atoms with van der Waals surface area (Å²) in [5.74, 6) is -0.367. The number of carbonyl (C=O) groups is 1. The molecule has 0 bridgehead atoms. The highest BCUT2D eigenvalue weighted by Gasteiger charge is 2.30. The Morgan fingerprint density at radius 2 is 2.08 bits per heavy atom. The lowest BCUT2D eigenvalue weighted by Gasteiger charge is -2.15. The second-order valence-corrected chi connectivity index (χ2v) is 3.52. The Labute approximate surface area is 83.0 Å². The van der Waals surface area contributed by atoms with Crippen molar-refractivity contribution in [3.8, 4) is 0 Å². The van der Waals surface area contributed by atoms with Gasteiger partial charge in [-0.2, -0.15) is 13.2 Å². The van der Waals surface area contributed by atoms with Gasteiger partial charge in [-0.1, -0.05) is 15.9 Å². The van der Waals surface area contributed by atoms with Gasteiger partial charge in [-0.25, -0.2) is 0 Å². The Bertz CT molecular complexity index is 172. The standard InChI is InChI=1S/C7H11BrF3NO/c1-5(4-7(9,10)11)12-6(13)2-3-8/h5H,2-4H2,1H3,(H,12,13). The van der Waals surface area contributed by atoms with E-state index in [9.17, 15) is 18.0 Å². The number of nitrogens with one attached hydrogen (secondary N) is 1. The van der Waals surface area contributed by atoms with Crippen LogP contribution in [0.2, 0.25) is 0 Å². The molecule has 0 aliphatic carbocycles. The third-order valence-electron chi connectivity index (χ3n) is 1.27. The molecule has 13 heavy (non-hydrogen) atoms. The number of alkyl halides is 4. The quantitative estimate of drug-likeness (QED) is 0.773. The first-order valence-corrected chi connectivity index (χ1v) is 4.89. The average molecular weight is 262 g/mol. The maximum absolute atomic E-state index is 11.8. The van der Waals surface area contributed by atoms with Gasteiger partial charge in [0, 0.05) is 17.8 Å². The van der Waals surface area contributed by atoms with E-state index in [0.717, 1.165) is 0 Å². The molecule has 0 aromatic heterocycles. The first-order chi connectivity index (χ1) is 5.85. The fourth-order valence-electron chi connectivity index (χ4n) is 0.831. The SMILES string of the molecule is CC(CC(F)(F)F)NC(=O)CCBr. The molecule has 6 heteroatoms. The van der Waals surface area contributed by atoms with Crippen LogP contribution in [0.3, 0.4) is 0 Å². The predicted octanol–water partition coefficient (Wildman–Crippen LogP) is 2.23. The summed E-state index contributed by atoms with van der Waals surface area (Å²) in [7, 11) is 0. The highest BCUT2D eigenvalue weighted by Crippen LogP contribution is 2.21. The highest BCUT2D eigenvalue weighted by atomic mass is 79.9. The summed E-state index contributed by atoms with van der Waals surface area (Å²) in [4.78, 5) is 10.8. The van der Waals surface area contributed by atoms with Crippen LogP contribution < -0.4 is 5.32 Å². The molecule has 0 fully saturated rings. The Hall–Kier alpha value is -0.260. The van der Waals surface area contributed by atoms with E-state index in [1.807, 2.05) is 0 Å². The molecule has 0 spiro atoms. The molecule has 0 aliphatic rings. The van der Waals surface area contributed by atoms with Gasteiger partial charge in [-0.15, -0.1) is 0 Å². The van der Waals surface area contributed by atoms with Gasteiger partial charge in [0.05, 0.1) is 6.42 Å². The van der Waals surface area contributed by atoms with Crippen molar-refractivity contribution in [1.82, 2.24) is 5.32 Å². The van der Waals surface area contributed by atoms with Crippen LogP contribution in [-0.4, -0.2) is 23.5 Å². The van der Waals surface area contributed by atoms with Crippen molar-refractivity contribution in [2.75, 3.05) is 5.33 Å². The highest BCUT2D eigenvalue weighted by molar-refractivity contribution is 9.09. The van der Waals surface area contributed by atoms with Gasteiger partial charge in [0.15, 0.2) is 0 Å². The van der Waals surface area contributed by atoms with Crippen LogP contribution in [0.15, 0.2) is 0 Å². The van der Waals surface area contributed by atoms with E-state index in [2.05, 4.69) is 21.2 Å². The topological polar surface area (TPSA) is 29.1 Å². The molecular weight excluding hydrogens is 251 g/mol. The molecule has 0 aromatic carbocycles. The normalized spacial score (nSPS) is 13.9. The molecule has 1 atom stereocenters. The van der Waals surface area contributed by atoms with Crippen LogP contribution in [0.1, 0.15) is 19.8 Å². The van der Waals surface area contributed by atoms with Crippen molar-refractivity contribution in [1.29, 1.82) is 0 Å². The predicted molar refractivity (Wildman–Crippen MR) is 46.7 cm³/mol. The third kappa shape index (κ3) is 8.08. The van der Waals surface area contributed by atoms with Gasteiger partial charge in [0.25, 0.3) is 0 Å². The Morgan fingerprint density at radius 1 is 1.54 bits per heavy atom. The lowest BCUT2D eigenvalue weighted by atomic mass is 10.2. The van der Waals surface area contributed by atoms with Gasteiger partial charge in [-0.05, 0) is 6.92 Å². The van der Waals surface area contributed by atoms with Gasteiger partial charge >= 0.3 is 6.18 Å². The molecule has 0 heterocycles. The molecule has 78 valence electrons. The van der Waals surface area contributed by atoms with Crippen LogP contribution in [0.5, 0.6) is 0 Å². The summed E-state index contributed by atoms with van der Waals surface area (Å²) in [5, 5.41) is 2.70. The smallest absolute Gasteiger partial charge is 0.353 e. The maximum atomic E-state index is 11.8. The van der Waals surface area contributed by atoms with Gasteiger partial charge in [-0.3, -0.25) is 4.79 Å². The molecule has 0 radical (unpaired) electrons. The van der Waals surface area contributed by atoms with Crippen LogP contribution in [0, 0.1) is 0 Å². The number of amides is 1. The van der Waals surface area contributed by atoms with Gasteiger partial charge < -0.3 is 5.32 Å². The van der Waals surface area contributed by atoms with E-state index >= 15 is 0 Å². The van der Waals surface area contributed by atoms with Crippen molar-refractivity contribution in [2.45, 2.75) is 32.0 Å². The Balaban J connectivity index is 3.74. The summed E-state index contributed by atoms with van der Waals surface area (Å²) < 4.78 is 35.3. The molecule has 1 unspecified atom stereocenters. The minimum absolute atomic E-state index is 0.197. The van der Waals surface area contributed by atoms with Crippen molar-refractivity contribution in [2.24, 2.45) is 0 Å². The molecule has 2 nitrogen and oxygen atoms in total. The number of hydrogen-bond acceptors (Lipinski definition) is 1. The van der Waals surface area contributed by atoms with E-state index < -0.39 is 18.6 Å². The number of carbonyl (C=O) groups excluding carboxylic acids is 1. The number of halogens is 4. The molecule has 1 amide bonds. The summed E-state index contributed by atoms with van der Waals surface area (Å²) in [6, 6.07) is -0.855. The molecule has 0 aromatic rings. The second-order valence-electron chi connectivity index (χ2n) is 2.73. The molecule has 0 aliphatic heterocycles. The zero-order valence-electron chi connectivity index (χ0n) is 7.12. The molecule has 0 saturated heterocycles. The van der Waals surface area contributed by atoms with Gasteiger partial charge in [0.2, 0.25) is 5.91 Å². The second kappa shape index (κ2) is 5.47. The largest absolute Gasteiger partial charge is 0.391 e. The monoisotopic (exact) mass is 261 g/mol.